The van der Waals surface area contributed by atoms with Crippen LogP contribution in [0.25, 0.3) is 10.8 Å². The molecule has 1 aromatic carbocycles. The molecule has 2 aliphatic heterocycles. The zero-order valence-corrected chi connectivity index (χ0v) is 11.5. The number of Topliss-reactive ketones (excluding diaryl/α,β-unsaturated/α-hetero) is 1. The summed E-state index contributed by atoms with van der Waals surface area (Å²) in [5.41, 5.74) is 1.28. The first-order valence-corrected chi connectivity index (χ1v) is 7.46. The number of piperidine rings is 2. The van der Waals surface area contributed by atoms with Gasteiger partial charge in [0, 0.05) is 53.8 Å². The maximum absolute atomic E-state index is 11.9. The SMILES string of the molecule is O=C1CC2CCCC(C1)N2c1cccc2cnccc12. The third-order valence-corrected chi connectivity index (χ3v) is 4.72. The number of hydrogen-bond acceptors (Lipinski definition) is 3. The van der Waals surface area contributed by atoms with E-state index in [1.54, 1.807) is 0 Å². The number of pyridine rings is 1. The van der Waals surface area contributed by atoms with E-state index in [4.69, 9.17) is 0 Å². The Morgan fingerprint density at radius 3 is 2.70 bits per heavy atom. The Morgan fingerprint density at radius 1 is 1.10 bits per heavy atom. The lowest BCUT2D eigenvalue weighted by molar-refractivity contribution is -0.121. The van der Waals surface area contributed by atoms with Crippen LogP contribution in [-0.4, -0.2) is 22.9 Å². The first-order valence-electron chi connectivity index (χ1n) is 7.46. The maximum atomic E-state index is 11.9. The normalized spacial score (nSPS) is 26.0. The summed E-state index contributed by atoms with van der Waals surface area (Å²) < 4.78 is 0. The summed E-state index contributed by atoms with van der Waals surface area (Å²) in [6, 6.07) is 9.30. The van der Waals surface area contributed by atoms with E-state index in [1.165, 1.54) is 22.9 Å². The van der Waals surface area contributed by atoms with Crippen molar-refractivity contribution in [1.82, 2.24) is 4.98 Å². The molecule has 2 aromatic rings. The van der Waals surface area contributed by atoms with Gasteiger partial charge in [-0.1, -0.05) is 12.1 Å². The van der Waals surface area contributed by atoms with E-state index in [0.717, 1.165) is 25.7 Å². The second kappa shape index (κ2) is 4.58. The van der Waals surface area contributed by atoms with Crippen LogP contribution >= 0.6 is 0 Å². The highest BCUT2D eigenvalue weighted by atomic mass is 16.1. The largest absolute Gasteiger partial charge is 0.364 e. The van der Waals surface area contributed by atoms with Crippen molar-refractivity contribution in [1.29, 1.82) is 0 Å². The number of carbonyl (C=O) groups excluding carboxylic acids is 1. The summed E-state index contributed by atoms with van der Waals surface area (Å²) in [5, 5.41) is 2.44. The molecule has 0 aliphatic carbocycles. The molecule has 2 fully saturated rings. The van der Waals surface area contributed by atoms with Crippen molar-refractivity contribution in [2.45, 2.75) is 44.2 Å². The second-order valence-electron chi connectivity index (χ2n) is 5.97. The van der Waals surface area contributed by atoms with Gasteiger partial charge in [-0.05, 0) is 31.4 Å². The third-order valence-electron chi connectivity index (χ3n) is 4.72. The van der Waals surface area contributed by atoms with E-state index < -0.39 is 0 Å². The summed E-state index contributed by atoms with van der Waals surface area (Å²) in [4.78, 5) is 18.6. The van der Waals surface area contributed by atoms with Crippen LogP contribution in [0, 0.1) is 0 Å². The Bertz CT molecular complexity index is 646. The van der Waals surface area contributed by atoms with Crippen molar-refractivity contribution in [3.8, 4) is 0 Å². The molecule has 0 N–H and O–H groups in total. The Labute approximate surface area is 118 Å². The molecule has 2 bridgehead atoms. The quantitative estimate of drug-likeness (QED) is 0.794. The average molecular weight is 266 g/mol. The van der Waals surface area contributed by atoms with Crippen molar-refractivity contribution in [3.63, 3.8) is 0 Å². The predicted octanol–water partition coefficient (Wildman–Crippen LogP) is 3.33. The van der Waals surface area contributed by atoms with Crippen LogP contribution in [-0.2, 0) is 4.79 Å². The average Bonchev–Trinajstić information content (AvgIpc) is 2.46. The number of aromatic nitrogens is 1. The van der Waals surface area contributed by atoms with Crippen molar-refractivity contribution in [2.24, 2.45) is 0 Å². The minimum absolute atomic E-state index is 0.397. The van der Waals surface area contributed by atoms with Gasteiger partial charge in [-0.15, -0.1) is 0 Å². The van der Waals surface area contributed by atoms with E-state index in [0.29, 0.717) is 17.9 Å². The molecule has 0 radical (unpaired) electrons. The molecule has 0 spiro atoms. The third kappa shape index (κ3) is 1.80. The topological polar surface area (TPSA) is 33.2 Å². The summed E-state index contributed by atoms with van der Waals surface area (Å²) in [6.45, 7) is 0. The van der Waals surface area contributed by atoms with E-state index in [9.17, 15) is 4.79 Å². The molecule has 3 heterocycles. The number of anilines is 1. The van der Waals surface area contributed by atoms with Crippen LogP contribution in [0.1, 0.15) is 32.1 Å². The van der Waals surface area contributed by atoms with Gasteiger partial charge in [0.25, 0.3) is 0 Å². The molecule has 3 nitrogen and oxygen atoms in total. The molecule has 2 unspecified atom stereocenters. The van der Waals surface area contributed by atoms with Gasteiger partial charge in [-0.3, -0.25) is 9.78 Å². The number of benzene rings is 1. The van der Waals surface area contributed by atoms with Crippen molar-refractivity contribution < 1.29 is 4.79 Å². The lowest BCUT2D eigenvalue weighted by Crippen LogP contribution is -2.52. The predicted molar refractivity (Wildman–Crippen MR) is 79.9 cm³/mol. The van der Waals surface area contributed by atoms with Gasteiger partial charge in [-0.25, -0.2) is 0 Å². The Kier molecular flexibility index (Phi) is 2.72. The number of carbonyl (C=O) groups is 1. The van der Waals surface area contributed by atoms with Crippen molar-refractivity contribution in [3.05, 3.63) is 36.7 Å². The summed E-state index contributed by atoms with van der Waals surface area (Å²) in [6.07, 6.45) is 8.76. The number of nitrogens with zero attached hydrogens (tertiary/aromatic N) is 2. The van der Waals surface area contributed by atoms with Crippen molar-refractivity contribution in [2.75, 3.05) is 4.90 Å². The van der Waals surface area contributed by atoms with Crippen LogP contribution in [0.5, 0.6) is 0 Å². The first kappa shape index (κ1) is 11.9. The minimum atomic E-state index is 0.397. The van der Waals surface area contributed by atoms with Gasteiger partial charge in [0.05, 0.1) is 0 Å². The fourth-order valence-corrected chi connectivity index (χ4v) is 3.90. The molecule has 3 heteroatoms. The molecule has 0 amide bonds. The fourth-order valence-electron chi connectivity index (χ4n) is 3.90. The Balaban J connectivity index is 1.84. The Hall–Kier alpha value is -1.90. The molecule has 102 valence electrons. The van der Waals surface area contributed by atoms with Crippen LogP contribution in [0.4, 0.5) is 5.69 Å². The number of fused-ring (bicyclic) bond motifs is 3. The van der Waals surface area contributed by atoms with Gasteiger partial charge >= 0.3 is 0 Å². The lowest BCUT2D eigenvalue weighted by Gasteiger charge is -2.47. The van der Waals surface area contributed by atoms with E-state index in [-0.39, 0.29) is 0 Å². The summed E-state index contributed by atoms with van der Waals surface area (Å²) >= 11 is 0. The lowest BCUT2D eigenvalue weighted by atomic mass is 9.83. The summed E-state index contributed by atoms with van der Waals surface area (Å²) in [7, 11) is 0. The monoisotopic (exact) mass is 266 g/mol. The van der Waals surface area contributed by atoms with Crippen LogP contribution < -0.4 is 4.90 Å². The standard InChI is InChI=1S/C17H18N2O/c20-15-9-13-4-2-5-14(10-15)19(13)17-6-1-3-12-11-18-8-7-16(12)17/h1,3,6-8,11,13-14H,2,4-5,9-10H2. The maximum Gasteiger partial charge on any atom is 0.137 e. The van der Waals surface area contributed by atoms with E-state index in [1.807, 2.05) is 12.4 Å². The van der Waals surface area contributed by atoms with Gasteiger partial charge in [0.1, 0.15) is 5.78 Å². The highest BCUT2D eigenvalue weighted by Crippen LogP contribution is 2.39. The zero-order valence-electron chi connectivity index (χ0n) is 11.5. The minimum Gasteiger partial charge on any atom is -0.364 e. The molecule has 2 aliphatic rings. The van der Waals surface area contributed by atoms with Gasteiger partial charge in [0.2, 0.25) is 0 Å². The number of ketones is 1. The molecule has 1 aromatic heterocycles. The number of hydrogen-bond donors (Lipinski definition) is 0. The van der Waals surface area contributed by atoms with E-state index >= 15 is 0 Å². The highest BCUT2D eigenvalue weighted by molar-refractivity contribution is 5.95. The molecule has 20 heavy (non-hydrogen) atoms. The van der Waals surface area contributed by atoms with Crippen LogP contribution in [0.2, 0.25) is 0 Å². The highest BCUT2D eigenvalue weighted by Gasteiger charge is 2.37. The smallest absolute Gasteiger partial charge is 0.137 e. The second-order valence-corrected chi connectivity index (χ2v) is 5.97. The molecular weight excluding hydrogens is 248 g/mol. The summed E-state index contributed by atoms with van der Waals surface area (Å²) in [5.74, 6) is 0.442. The molecule has 2 atom stereocenters. The molecule has 0 saturated carbocycles. The molecule has 4 rings (SSSR count). The number of rotatable bonds is 1. The van der Waals surface area contributed by atoms with Gasteiger partial charge in [-0.2, -0.15) is 0 Å². The van der Waals surface area contributed by atoms with Crippen LogP contribution in [0.15, 0.2) is 36.7 Å². The fraction of sp³-hybridized carbons (Fsp3) is 0.412. The van der Waals surface area contributed by atoms with Gasteiger partial charge in [0.15, 0.2) is 0 Å². The van der Waals surface area contributed by atoms with Crippen LogP contribution in [0.3, 0.4) is 0 Å². The molecular formula is C17H18N2O. The first-order chi connectivity index (χ1) is 9.83. The zero-order chi connectivity index (χ0) is 13.5. The molecule has 2 saturated heterocycles. The van der Waals surface area contributed by atoms with E-state index in [2.05, 4.69) is 34.1 Å². The van der Waals surface area contributed by atoms with Crippen molar-refractivity contribution >= 4 is 22.2 Å². The Morgan fingerprint density at radius 2 is 1.90 bits per heavy atom. The van der Waals surface area contributed by atoms with Gasteiger partial charge < -0.3 is 4.90 Å².